The molecule has 0 fully saturated rings. The van der Waals surface area contributed by atoms with Crippen molar-refractivity contribution in [3.63, 3.8) is 0 Å². The maximum atomic E-state index is 10.7. The fourth-order valence-electron chi connectivity index (χ4n) is 1.57. The van der Waals surface area contributed by atoms with Gasteiger partial charge in [0.05, 0.1) is 30.3 Å². The summed E-state index contributed by atoms with van der Waals surface area (Å²) in [5.41, 5.74) is 0.656. The maximum absolute atomic E-state index is 10.7. The Morgan fingerprint density at radius 2 is 2.21 bits per heavy atom. The van der Waals surface area contributed by atoms with Crippen LogP contribution >= 0.6 is 15.9 Å². The summed E-state index contributed by atoms with van der Waals surface area (Å²) in [5, 5.41) is 13.8. The number of rotatable bonds is 5. The first-order chi connectivity index (χ1) is 9.10. The summed E-state index contributed by atoms with van der Waals surface area (Å²) in [6.45, 7) is 0.458. The van der Waals surface area contributed by atoms with Crippen molar-refractivity contribution in [1.29, 1.82) is 0 Å². The van der Waals surface area contributed by atoms with E-state index in [0.29, 0.717) is 22.7 Å². The summed E-state index contributed by atoms with van der Waals surface area (Å²) in [6, 6.07) is 8.03. The molecular weight excluding hydrogens is 316 g/mol. The van der Waals surface area contributed by atoms with Gasteiger partial charge in [0.25, 0.3) is 5.69 Å². The van der Waals surface area contributed by atoms with Gasteiger partial charge in [0.1, 0.15) is 11.5 Å². The van der Waals surface area contributed by atoms with Crippen LogP contribution in [-0.4, -0.2) is 12.0 Å². The van der Waals surface area contributed by atoms with Crippen LogP contribution in [0.5, 0.6) is 5.75 Å². The quantitative estimate of drug-likeness (QED) is 0.671. The molecule has 1 aromatic heterocycles. The summed E-state index contributed by atoms with van der Waals surface area (Å²) >= 11 is 3.22. The number of halogens is 1. The summed E-state index contributed by atoms with van der Waals surface area (Å²) in [5.74, 6) is 1.16. The summed E-state index contributed by atoms with van der Waals surface area (Å²) in [6.07, 6.45) is 0. The molecule has 0 spiro atoms. The molecule has 100 valence electrons. The Morgan fingerprint density at radius 3 is 2.79 bits per heavy atom. The molecule has 1 heterocycles. The Morgan fingerprint density at radius 1 is 1.42 bits per heavy atom. The number of non-ortho nitro benzene ring substituents is 1. The Labute approximate surface area is 117 Å². The van der Waals surface area contributed by atoms with E-state index in [2.05, 4.69) is 21.2 Å². The van der Waals surface area contributed by atoms with Gasteiger partial charge < -0.3 is 14.5 Å². The molecule has 0 bridgehead atoms. The number of nitro benzene ring substituents is 1. The van der Waals surface area contributed by atoms with E-state index in [1.807, 2.05) is 6.07 Å². The number of nitrogens with one attached hydrogen (secondary N) is 1. The van der Waals surface area contributed by atoms with Gasteiger partial charge in [-0.3, -0.25) is 10.1 Å². The monoisotopic (exact) mass is 326 g/mol. The molecule has 2 aromatic rings. The Hall–Kier alpha value is -2.02. The van der Waals surface area contributed by atoms with Crippen molar-refractivity contribution >= 4 is 27.3 Å². The van der Waals surface area contributed by atoms with Gasteiger partial charge in [-0.05, 0) is 34.1 Å². The van der Waals surface area contributed by atoms with E-state index in [0.717, 1.165) is 5.76 Å². The Balaban J connectivity index is 2.13. The highest BCUT2D eigenvalue weighted by molar-refractivity contribution is 9.10. The number of furan rings is 1. The van der Waals surface area contributed by atoms with Crippen LogP contribution in [0.1, 0.15) is 5.76 Å². The van der Waals surface area contributed by atoms with E-state index in [4.69, 9.17) is 9.15 Å². The number of nitro groups is 1. The zero-order valence-electron chi connectivity index (χ0n) is 10.1. The molecule has 0 saturated heterocycles. The van der Waals surface area contributed by atoms with E-state index >= 15 is 0 Å². The average Bonchev–Trinajstić information content (AvgIpc) is 2.81. The lowest BCUT2D eigenvalue weighted by Crippen LogP contribution is -2.01. The maximum Gasteiger partial charge on any atom is 0.273 e. The number of nitrogens with zero attached hydrogens (tertiary/aromatic N) is 1. The molecule has 0 amide bonds. The van der Waals surface area contributed by atoms with Crippen molar-refractivity contribution in [2.45, 2.75) is 6.54 Å². The van der Waals surface area contributed by atoms with Crippen LogP contribution in [0.4, 0.5) is 11.4 Å². The van der Waals surface area contributed by atoms with Gasteiger partial charge in [-0.25, -0.2) is 0 Å². The Kier molecular flexibility index (Phi) is 4.06. The lowest BCUT2D eigenvalue weighted by atomic mass is 10.2. The van der Waals surface area contributed by atoms with Gasteiger partial charge >= 0.3 is 0 Å². The molecule has 19 heavy (non-hydrogen) atoms. The highest BCUT2D eigenvalue weighted by Gasteiger charge is 2.11. The zero-order valence-corrected chi connectivity index (χ0v) is 11.6. The van der Waals surface area contributed by atoms with Crippen molar-refractivity contribution in [2.24, 2.45) is 0 Å². The van der Waals surface area contributed by atoms with E-state index in [-0.39, 0.29) is 5.69 Å². The standard InChI is InChI=1S/C12H11BrN2O4/c1-18-11-6-8(15(16)17)2-4-10(11)14-7-9-3-5-12(13)19-9/h2-6,14H,7H2,1H3. The number of anilines is 1. The zero-order chi connectivity index (χ0) is 13.8. The number of ether oxygens (including phenoxy) is 1. The molecule has 7 heteroatoms. The molecule has 0 saturated carbocycles. The van der Waals surface area contributed by atoms with Gasteiger partial charge in [0.15, 0.2) is 4.67 Å². The van der Waals surface area contributed by atoms with Gasteiger partial charge in [0, 0.05) is 6.07 Å². The third-order valence-electron chi connectivity index (χ3n) is 2.48. The molecule has 0 aliphatic heterocycles. The van der Waals surface area contributed by atoms with Gasteiger partial charge in [-0.1, -0.05) is 0 Å². The normalized spacial score (nSPS) is 10.2. The van der Waals surface area contributed by atoms with Gasteiger partial charge in [-0.2, -0.15) is 0 Å². The van der Waals surface area contributed by atoms with Crippen molar-refractivity contribution in [3.8, 4) is 5.75 Å². The van der Waals surface area contributed by atoms with Crippen LogP contribution in [0.3, 0.4) is 0 Å². The lowest BCUT2D eigenvalue weighted by molar-refractivity contribution is -0.384. The van der Waals surface area contributed by atoms with Crippen LogP contribution in [0, 0.1) is 10.1 Å². The molecule has 2 rings (SSSR count). The predicted molar refractivity (Wildman–Crippen MR) is 73.4 cm³/mol. The predicted octanol–water partition coefficient (Wildman–Crippen LogP) is 3.57. The summed E-state index contributed by atoms with van der Waals surface area (Å²) < 4.78 is 11.1. The first-order valence-corrected chi connectivity index (χ1v) is 6.20. The number of hydrogen-bond acceptors (Lipinski definition) is 5. The number of methoxy groups -OCH3 is 1. The first-order valence-electron chi connectivity index (χ1n) is 5.40. The second kappa shape index (κ2) is 5.75. The SMILES string of the molecule is COc1cc([N+](=O)[O-])ccc1NCc1ccc(Br)o1. The molecule has 0 aliphatic rings. The molecule has 0 atom stereocenters. The minimum absolute atomic E-state index is 0.0110. The third kappa shape index (κ3) is 3.25. The number of hydrogen-bond donors (Lipinski definition) is 1. The number of benzene rings is 1. The second-order valence-electron chi connectivity index (χ2n) is 3.70. The average molecular weight is 327 g/mol. The van der Waals surface area contributed by atoms with Crippen LogP contribution in [0.2, 0.25) is 0 Å². The summed E-state index contributed by atoms with van der Waals surface area (Å²) in [4.78, 5) is 10.2. The van der Waals surface area contributed by atoms with Crippen molar-refractivity contribution in [3.05, 3.63) is 50.9 Å². The van der Waals surface area contributed by atoms with E-state index in [9.17, 15) is 10.1 Å². The molecular formula is C12H11BrN2O4. The fourth-order valence-corrected chi connectivity index (χ4v) is 1.91. The van der Waals surface area contributed by atoms with Crippen LogP contribution < -0.4 is 10.1 Å². The summed E-state index contributed by atoms with van der Waals surface area (Å²) in [7, 11) is 1.47. The van der Waals surface area contributed by atoms with Crippen molar-refractivity contribution in [2.75, 3.05) is 12.4 Å². The highest BCUT2D eigenvalue weighted by atomic mass is 79.9. The molecule has 0 radical (unpaired) electrons. The van der Waals surface area contributed by atoms with E-state index in [1.54, 1.807) is 12.1 Å². The van der Waals surface area contributed by atoms with E-state index in [1.165, 1.54) is 19.2 Å². The molecule has 6 nitrogen and oxygen atoms in total. The lowest BCUT2D eigenvalue weighted by Gasteiger charge is -2.09. The Bertz CT molecular complexity index is 597. The largest absolute Gasteiger partial charge is 0.494 e. The van der Waals surface area contributed by atoms with E-state index < -0.39 is 4.92 Å². The highest BCUT2D eigenvalue weighted by Crippen LogP contribution is 2.29. The first kappa shape index (κ1) is 13.4. The van der Waals surface area contributed by atoms with Crippen LogP contribution in [0.15, 0.2) is 39.4 Å². The fraction of sp³-hybridized carbons (Fsp3) is 0.167. The van der Waals surface area contributed by atoms with Crippen LogP contribution in [0.25, 0.3) is 0 Å². The molecule has 0 unspecified atom stereocenters. The van der Waals surface area contributed by atoms with Gasteiger partial charge in [-0.15, -0.1) is 0 Å². The van der Waals surface area contributed by atoms with Crippen molar-refractivity contribution < 1.29 is 14.1 Å². The third-order valence-corrected chi connectivity index (χ3v) is 2.90. The molecule has 1 N–H and O–H groups in total. The van der Waals surface area contributed by atoms with Crippen LogP contribution in [-0.2, 0) is 6.54 Å². The topological polar surface area (TPSA) is 77.5 Å². The minimum Gasteiger partial charge on any atom is -0.494 e. The molecule has 0 aliphatic carbocycles. The van der Waals surface area contributed by atoms with Crippen molar-refractivity contribution in [1.82, 2.24) is 0 Å². The second-order valence-corrected chi connectivity index (χ2v) is 4.48. The molecule has 1 aromatic carbocycles. The smallest absolute Gasteiger partial charge is 0.273 e. The minimum atomic E-state index is -0.462. The van der Waals surface area contributed by atoms with Gasteiger partial charge in [0.2, 0.25) is 0 Å².